The second-order valence-corrected chi connectivity index (χ2v) is 9.73. The Balaban J connectivity index is 1.55. The Labute approximate surface area is 173 Å². The predicted octanol–water partition coefficient (Wildman–Crippen LogP) is 2.93. The summed E-state index contributed by atoms with van der Waals surface area (Å²) < 4.78 is 25.1. The highest BCUT2D eigenvalue weighted by atomic mass is 32.2. The first-order chi connectivity index (χ1) is 13.8. The highest BCUT2D eigenvalue weighted by molar-refractivity contribution is 7.88. The number of rotatable bonds is 7. The van der Waals surface area contributed by atoms with E-state index in [4.69, 9.17) is 0 Å². The molecule has 0 spiro atoms. The first kappa shape index (κ1) is 21.5. The standard InChI is InChI=1S/C22H29N3O3S/c1-24(14-6-10-18-8-4-3-5-9-18)22(26)19-12-13-21(23-16-19)20-11-7-15-25(17-20)29(2,27)28/h3-5,8-9,12-13,16,20H,6-7,10-11,14-15,17H2,1-2H3/t20-/m0/s1. The van der Waals surface area contributed by atoms with Crippen molar-refractivity contribution in [2.75, 3.05) is 32.9 Å². The van der Waals surface area contributed by atoms with E-state index in [0.29, 0.717) is 25.2 Å². The largest absolute Gasteiger partial charge is 0.342 e. The summed E-state index contributed by atoms with van der Waals surface area (Å²) in [5.74, 6) is 0.0322. The molecule has 1 amide bonds. The van der Waals surface area contributed by atoms with Crippen molar-refractivity contribution >= 4 is 15.9 Å². The second-order valence-electron chi connectivity index (χ2n) is 7.75. The summed E-state index contributed by atoms with van der Waals surface area (Å²) in [5, 5.41) is 0. The van der Waals surface area contributed by atoms with Crippen LogP contribution in [0, 0.1) is 0 Å². The molecule has 0 radical (unpaired) electrons. The molecule has 0 aliphatic carbocycles. The first-order valence-corrected chi connectivity index (χ1v) is 11.9. The Morgan fingerprint density at radius 3 is 2.62 bits per heavy atom. The molecule has 1 aliphatic rings. The third-order valence-electron chi connectivity index (χ3n) is 5.45. The zero-order chi connectivity index (χ0) is 20.9. The molecule has 1 aromatic heterocycles. The molecule has 2 aromatic rings. The Morgan fingerprint density at radius 1 is 1.21 bits per heavy atom. The van der Waals surface area contributed by atoms with Crippen LogP contribution in [0.1, 0.15) is 46.8 Å². The van der Waals surface area contributed by atoms with Gasteiger partial charge in [0, 0.05) is 44.5 Å². The van der Waals surface area contributed by atoms with Crippen molar-refractivity contribution in [2.45, 2.75) is 31.6 Å². The number of amides is 1. The molecule has 0 N–H and O–H groups in total. The van der Waals surface area contributed by atoms with E-state index in [2.05, 4.69) is 17.1 Å². The van der Waals surface area contributed by atoms with Crippen molar-refractivity contribution in [3.05, 3.63) is 65.5 Å². The van der Waals surface area contributed by atoms with Crippen LogP contribution in [0.5, 0.6) is 0 Å². The summed E-state index contributed by atoms with van der Waals surface area (Å²) >= 11 is 0. The van der Waals surface area contributed by atoms with Crippen LogP contribution in [0.4, 0.5) is 0 Å². The highest BCUT2D eigenvalue weighted by Crippen LogP contribution is 2.27. The number of pyridine rings is 1. The first-order valence-electron chi connectivity index (χ1n) is 10.0. The molecule has 1 fully saturated rings. The van der Waals surface area contributed by atoms with Gasteiger partial charge in [-0.25, -0.2) is 12.7 Å². The maximum absolute atomic E-state index is 12.7. The monoisotopic (exact) mass is 415 g/mol. The van der Waals surface area contributed by atoms with Gasteiger partial charge >= 0.3 is 0 Å². The number of carbonyl (C=O) groups is 1. The summed E-state index contributed by atoms with van der Waals surface area (Å²) in [6.07, 6.45) is 6.44. The van der Waals surface area contributed by atoms with E-state index >= 15 is 0 Å². The van der Waals surface area contributed by atoms with Gasteiger partial charge in [0.1, 0.15) is 0 Å². The summed E-state index contributed by atoms with van der Waals surface area (Å²) in [7, 11) is -1.37. The number of piperidine rings is 1. The van der Waals surface area contributed by atoms with Gasteiger partial charge in [0.25, 0.3) is 5.91 Å². The normalized spacial score (nSPS) is 17.8. The molecule has 1 atom stereocenters. The molecule has 3 rings (SSSR count). The molecular formula is C22H29N3O3S. The molecule has 6 nitrogen and oxygen atoms in total. The van der Waals surface area contributed by atoms with Crippen molar-refractivity contribution < 1.29 is 13.2 Å². The van der Waals surface area contributed by atoms with Gasteiger partial charge in [-0.3, -0.25) is 9.78 Å². The molecular weight excluding hydrogens is 386 g/mol. The third-order valence-corrected chi connectivity index (χ3v) is 6.72. The molecule has 2 heterocycles. The SMILES string of the molecule is CN(CCCc1ccccc1)C(=O)c1ccc([C@H]2CCCN(S(C)(=O)=O)C2)nc1. The molecule has 1 aromatic carbocycles. The van der Waals surface area contributed by atoms with E-state index in [1.54, 1.807) is 17.2 Å². The van der Waals surface area contributed by atoms with Crippen molar-refractivity contribution in [1.29, 1.82) is 0 Å². The van der Waals surface area contributed by atoms with E-state index in [-0.39, 0.29) is 11.8 Å². The number of hydrogen-bond donors (Lipinski definition) is 0. The van der Waals surface area contributed by atoms with Gasteiger partial charge in [-0.2, -0.15) is 0 Å². The van der Waals surface area contributed by atoms with Crippen LogP contribution in [-0.2, 0) is 16.4 Å². The maximum atomic E-state index is 12.7. The van der Waals surface area contributed by atoms with E-state index in [1.807, 2.05) is 31.3 Å². The lowest BCUT2D eigenvalue weighted by Crippen LogP contribution is -2.38. The Bertz CT molecular complexity index is 914. The van der Waals surface area contributed by atoms with Crippen molar-refractivity contribution in [2.24, 2.45) is 0 Å². The van der Waals surface area contributed by atoms with Gasteiger partial charge in [-0.1, -0.05) is 30.3 Å². The number of aromatic nitrogens is 1. The maximum Gasteiger partial charge on any atom is 0.255 e. The number of benzene rings is 1. The molecule has 7 heteroatoms. The minimum absolute atomic E-state index is 0.0430. The number of carbonyl (C=O) groups excluding carboxylic acids is 1. The van der Waals surface area contributed by atoms with Gasteiger partial charge in [0.05, 0.1) is 11.8 Å². The van der Waals surface area contributed by atoms with E-state index in [1.165, 1.54) is 16.1 Å². The average molecular weight is 416 g/mol. The minimum atomic E-state index is -3.18. The van der Waals surface area contributed by atoms with Gasteiger partial charge in [0.2, 0.25) is 10.0 Å². The van der Waals surface area contributed by atoms with E-state index in [0.717, 1.165) is 31.4 Å². The highest BCUT2D eigenvalue weighted by Gasteiger charge is 2.27. The van der Waals surface area contributed by atoms with Gasteiger partial charge in [-0.05, 0) is 43.4 Å². The van der Waals surface area contributed by atoms with Crippen LogP contribution in [0.3, 0.4) is 0 Å². The smallest absolute Gasteiger partial charge is 0.255 e. The molecule has 29 heavy (non-hydrogen) atoms. The number of hydrogen-bond acceptors (Lipinski definition) is 4. The Kier molecular flexibility index (Phi) is 7.03. The molecule has 1 saturated heterocycles. The fourth-order valence-electron chi connectivity index (χ4n) is 3.75. The van der Waals surface area contributed by atoms with Gasteiger partial charge in [0.15, 0.2) is 0 Å². The summed E-state index contributed by atoms with van der Waals surface area (Å²) in [4.78, 5) is 18.9. The summed E-state index contributed by atoms with van der Waals surface area (Å²) in [5.41, 5.74) is 2.68. The van der Waals surface area contributed by atoms with Crippen LogP contribution in [0.15, 0.2) is 48.7 Å². The quantitative estimate of drug-likeness (QED) is 0.697. The summed E-state index contributed by atoms with van der Waals surface area (Å²) in [6, 6.07) is 13.9. The van der Waals surface area contributed by atoms with Crippen molar-refractivity contribution in [3.63, 3.8) is 0 Å². The molecule has 0 unspecified atom stereocenters. The average Bonchev–Trinajstić information content (AvgIpc) is 2.73. The minimum Gasteiger partial charge on any atom is -0.342 e. The van der Waals surface area contributed by atoms with Crippen LogP contribution in [0.25, 0.3) is 0 Å². The number of sulfonamides is 1. The molecule has 156 valence electrons. The van der Waals surface area contributed by atoms with E-state index in [9.17, 15) is 13.2 Å². The molecule has 0 saturated carbocycles. The van der Waals surface area contributed by atoms with Crippen molar-refractivity contribution in [3.8, 4) is 0 Å². The topological polar surface area (TPSA) is 70.6 Å². The Hall–Kier alpha value is -2.25. The lowest BCUT2D eigenvalue weighted by Gasteiger charge is -2.30. The number of aryl methyl sites for hydroxylation is 1. The Morgan fingerprint density at radius 2 is 1.97 bits per heavy atom. The summed E-state index contributed by atoms with van der Waals surface area (Å²) in [6.45, 7) is 1.71. The van der Waals surface area contributed by atoms with E-state index < -0.39 is 10.0 Å². The number of nitrogens with zero attached hydrogens (tertiary/aromatic N) is 3. The lowest BCUT2D eigenvalue weighted by atomic mass is 9.95. The van der Waals surface area contributed by atoms with Crippen molar-refractivity contribution in [1.82, 2.24) is 14.2 Å². The van der Waals surface area contributed by atoms with Crippen LogP contribution in [-0.4, -0.2) is 61.5 Å². The van der Waals surface area contributed by atoms with Gasteiger partial charge in [-0.15, -0.1) is 0 Å². The van der Waals surface area contributed by atoms with Crippen LogP contribution < -0.4 is 0 Å². The second kappa shape index (κ2) is 9.50. The molecule has 0 bridgehead atoms. The van der Waals surface area contributed by atoms with Crippen LogP contribution >= 0.6 is 0 Å². The zero-order valence-electron chi connectivity index (χ0n) is 17.1. The molecule has 1 aliphatic heterocycles. The lowest BCUT2D eigenvalue weighted by molar-refractivity contribution is 0.0793. The predicted molar refractivity (Wildman–Crippen MR) is 114 cm³/mol. The fraction of sp³-hybridized carbons (Fsp3) is 0.455. The van der Waals surface area contributed by atoms with Gasteiger partial charge < -0.3 is 4.90 Å². The third kappa shape index (κ3) is 5.87. The van der Waals surface area contributed by atoms with Crippen LogP contribution in [0.2, 0.25) is 0 Å². The fourth-order valence-corrected chi connectivity index (χ4v) is 4.66. The zero-order valence-corrected chi connectivity index (χ0v) is 17.9.